The first kappa shape index (κ1) is 12.9. The predicted octanol–water partition coefficient (Wildman–Crippen LogP) is 2.96. The monoisotopic (exact) mass is 275 g/mol. The third kappa shape index (κ3) is 2.74. The van der Waals surface area contributed by atoms with E-state index in [9.17, 15) is 0 Å². The Morgan fingerprint density at radius 2 is 1.76 bits per heavy atom. The molecule has 3 aromatic rings. The number of aromatic nitrogens is 3. The quantitative estimate of drug-likeness (QED) is 0.767. The van der Waals surface area contributed by atoms with Crippen LogP contribution >= 0.6 is 0 Å². The van der Waals surface area contributed by atoms with E-state index in [2.05, 4.69) is 26.8 Å². The molecule has 0 unspecified atom stereocenters. The van der Waals surface area contributed by atoms with Crippen molar-refractivity contribution in [1.29, 1.82) is 5.26 Å². The highest BCUT2D eigenvalue weighted by Crippen LogP contribution is 2.21. The smallest absolute Gasteiger partial charge is 0.117 e. The average Bonchev–Trinajstić information content (AvgIpc) is 3.02. The summed E-state index contributed by atoms with van der Waals surface area (Å²) in [5.74, 6) is 0. The molecule has 0 saturated carbocycles. The molecular formula is C16H13N5. The van der Waals surface area contributed by atoms with E-state index in [4.69, 9.17) is 5.26 Å². The van der Waals surface area contributed by atoms with Gasteiger partial charge >= 0.3 is 0 Å². The van der Waals surface area contributed by atoms with Crippen LogP contribution in [0.1, 0.15) is 11.3 Å². The fourth-order valence-corrected chi connectivity index (χ4v) is 2.12. The number of hydrogen-bond acceptors (Lipinski definition) is 4. The molecule has 0 aliphatic rings. The van der Waals surface area contributed by atoms with E-state index in [1.54, 1.807) is 6.07 Å². The first-order valence-corrected chi connectivity index (χ1v) is 6.56. The number of para-hydroxylation sites is 1. The summed E-state index contributed by atoms with van der Waals surface area (Å²) in [6.45, 7) is 0.499. The normalized spacial score (nSPS) is 10.0. The Morgan fingerprint density at radius 3 is 2.57 bits per heavy atom. The van der Waals surface area contributed by atoms with Crippen LogP contribution in [0.5, 0.6) is 0 Å². The van der Waals surface area contributed by atoms with Crippen LogP contribution in [-0.2, 0) is 6.54 Å². The maximum atomic E-state index is 9.08. The highest BCUT2D eigenvalue weighted by molar-refractivity contribution is 5.62. The summed E-state index contributed by atoms with van der Waals surface area (Å²) in [7, 11) is 0. The van der Waals surface area contributed by atoms with Crippen molar-refractivity contribution in [2.75, 3.05) is 5.32 Å². The summed E-state index contributed by atoms with van der Waals surface area (Å²) in [6.07, 6.45) is 0. The van der Waals surface area contributed by atoms with E-state index in [-0.39, 0.29) is 0 Å². The van der Waals surface area contributed by atoms with Crippen LogP contribution in [0.3, 0.4) is 0 Å². The molecule has 0 spiro atoms. The predicted molar refractivity (Wildman–Crippen MR) is 80.3 cm³/mol. The van der Waals surface area contributed by atoms with Gasteiger partial charge in [0.25, 0.3) is 0 Å². The minimum atomic E-state index is 0.499. The topological polar surface area (TPSA) is 77.4 Å². The van der Waals surface area contributed by atoms with Gasteiger partial charge in [0, 0.05) is 5.56 Å². The van der Waals surface area contributed by atoms with Crippen molar-refractivity contribution in [2.45, 2.75) is 6.54 Å². The first-order chi connectivity index (χ1) is 10.4. The van der Waals surface area contributed by atoms with Gasteiger partial charge in [0.2, 0.25) is 0 Å². The molecule has 0 radical (unpaired) electrons. The fourth-order valence-electron chi connectivity index (χ4n) is 2.12. The largest absolute Gasteiger partial charge is 0.378 e. The minimum Gasteiger partial charge on any atom is -0.378 e. The number of aromatic amines is 1. The van der Waals surface area contributed by atoms with Crippen LogP contribution in [-0.4, -0.2) is 15.4 Å². The van der Waals surface area contributed by atoms with Crippen molar-refractivity contribution in [3.63, 3.8) is 0 Å². The molecule has 21 heavy (non-hydrogen) atoms. The highest BCUT2D eigenvalue weighted by atomic mass is 15.3. The van der Waals surface area contributed by atoms with Crippen LogP contribution < -0.4 is 5.32 Å². The SMILES string of the molecule is N#Cc1ccccc1NCc1n[nH]nc1-c1ccccc1. The van der Waals surface area contributed by atoms with E-state index in [0.29, 0.717) is 12.1 Å². The molecule has 5 nitrogen and oxygen atoms in total. The lowest BCUT2D eigenvalue weighted by molar-refractivity contribution is 0.911. The summed E-state index contributed by atoms with van der Waals surface area (Å²) >= 11 is 0. The number of nitriles is 1. The fraction of sp³-hybridized carbons (Fsp3) is 0.0625. The molecule has 2 N–H and O–H groups in total. The van der Waals surface area contributed by atoms with Crippen LogP contribution in [0.15, 0.2) is 54.6 Å². The second kappa shape index (κ2) is 5.88. The Hall–Kier alpha value is -3.13. The molecular weight excluding hydrogens is 262 g/mol. The number of nitrogens with zero attached hydrogens (tertiary/aromatic N) is 3. The van der Waals surface area contributed by atoms with Gasteiger partial charge in [0.1, 0.15) is 17.5 Å². The number of H-pyrrole nitrogens is 1. The highest BCUT2D eigenvalue weighted by Gasteiger charge is 2.10. The van der Waals surface area contributed by atoms with Crippen molar-refractivity contribution in [2.24, 2.45) is 0 Å². The average molecular weight is 275 g/mol. The summed E-state index contributed by atoms with van der Waals surface area (Å²) in [6, 6.07) is 19.4. The molecule has 1 aromatic heterocycles. The maximum Gasteiger partial charge on any atom is 0.117 e. The van der Waals surface area contributed by atoms with Crippen LogP contribution in [0.25, 0.3) is 11.3 Å². The van der Waals surface area contributed by atoms with E-state index in [1.807, 2.05) is 48.5 Å². The molecule has 3 rings (SSSR count). The summed E-state index contributed by atoms with van der Waals surface area (Å²) in [5, 5.41) is 23.4. The summed E-state index contributed by atoms with van der Waals surface area (Å²) in [4.78, 5) is 0. The molecule has 2 aromatic carbocycles. The van der Waals surface area contributed by atoms with E-state index < -0.39 is 0 Å². The van der Waals surface area contributed by atoms with Gasteiger partial charge in [-0.1, -0.05) is 42.5 Å². The van der Waals surface area contributed by atoms with Crippen molar-refractivity contribution in [3.8, 4) is 17.3 Å². The van der Waals surface area contributed by atoms with E-state index in [0.717, 1.165) is 22.6 Å². The number of benzene rings is 2. The van der Waals surface area contributed by atoms with Gasteiger partial charge in [-0.15, -0.1) is 0 Å². The standard InChI is InChI=1S/C16H13N5/c17-10-13-8-4-5-9-14(13)18-11-15-16(20-21-19-15)12-6-2-1-3-7-12/h1-9,18H,11H2,(H,19,20,21). The van der Waals surface area contributed by atoms with Crippen molar-refractivity contribution in [3.05, 3.63) is 65.9 Å². The second-order valence-corrected chi connectivity index (χ2v) is 4.50. The molecule has 102 valence electrons. The van der Waals surface area contributed by atoms with Gasteiger partial charge in [-0.05, 0) is 12.1 Å². The van der Waals surface area contributed by atoms with Crippen LogP contribution in [0.2, 0.25) is 0 Å². The van der Waals surface area contributed by atoms with Crippen molar-refractivity contribution in [1.82, 2.24) is 15.4 Å². The van der Waals surface area contributed by atoms with E-state index >= 15 is 0 Å². The Kier molecular flexibility index (Phi) is 3.61. The summed E-state index contributed by atoms with van der Waals surface area (Å²) < 4.78 is 0. The van der Waals surface area contributed by atoms with Gasteiger partial charge in [-0.2, -0.15) is 20.7 Å². The molecule has 0 bridgehead atoms. The zero-order valence-electron chi connectivity index (χ0n) is 11.2. The maximum absolute atomic E-state index is 9.08. The molecule has 5 heteroatoms. The summed E-state index contributed by atoms with van der Waals surface area (Å²) in [5.41, 5.74) is 4.05. The van der Waals surface area contributed by atoms with Crippen LogP contribution in [0, 0.1) is 11.3 Å². The Morgan fingerprint density at radius 1 is 1.00 bits per heavy atom. The van der Waals surface area contributed by atoms with Crippen molar-refractivity contribution < 1.29 is 0 Å². The Labute approximate surface area is 122 Å². The van der Waals surface area contributed by atoms with Gasteiger partial charge in [-0.3, -0.25) is 0 Å². The van der Waals surface area contributed by atoms with Gasteiger partial charge < -0.3 is 5.32 Å². The lowest BCUT2D eigenvalue weighted by atomic mass is 10.1. The second-order valence-electron chi connectivity index (χ2n) is 4.50. The zero-order valence-corrected chi connectivity index (χ0v) is 11.2. The Balaban J connectivity index is 1.81. The van der Waals surface area contributed by atoms with Gasteiger partial charge in [0.15, 0.2) is 0 Å². The Bertz CT molecular complexity index is 771. The molecule has 0 atom stereocenters. The number of hydrogen-bond donors (Lipinski definition) is 2. The molecule has 0 saturated heterocycles. The zero-order chi connectivity index (χ0) is 14.5. The lowest BCUT2D eigenvalue weighted by Gasteiger charge is -2.07. The molecule has 0 amide bonds. The molecule has 1 heterocycles. The number of nitrogens with one attached hydrogen (secondary N) is 2. The van der Waals surface area contributed by atoms with Crippen molar-refractivity contribution >= 4 is 5.69 Å². The van der Waals surface area contributed by atoms with Crippen LogP contribution in [0.4, 0.5) is 5.69 Å². The van der Waals surface area contributed by atoms with Gasteiger partial charge in [-0.25, -0.2) is 0 Å². The minimum absolute atomic E-state index is 0.499. The first-order valence-electron chi connectivity index (χ1n) is 6.56. The number of rotatable bonds is 4. The third-order valence-electron chi connectivity index (χ3n) is 3.16. The lowest BCUT2D eigenvalue weighted by Crippen LogP contribution is -2.03. The number of anilines is 1. The third-order valence-corrected chi connectivity index (χ3v) is 3.16. The van der Waals surface area contributed by atoms with E-state index in [1.165, 1.54) is 0 Å². The molecule has 0 fully saturated rings. The van der Waals surface area contributed by atoms with Gasteiger partial charge in [0.05, 0.1) is 17.8 Å². The molecule has 0 aliphatic heterocycles. The molecule has 0 aliphatic carbocycles.